The summed E-state index contributed by atoms with van der Waals surface area (Å²) in [4.78, 5) is 13.3. The smallest absolute Gasteiger partial charge is 0.235 e. The molecule has 2 aliphatic rings. The molecule has 0 atom stereocenters. The van der Waals surface area contributed by atoms with E-state index in [1.807, 2.05) is 67.6 Å². The first-order chi connectivity index (χ1) is 16.2. The van der Waals surface area contributed by atoms with Crippen molar-refractivity contribution in [2.45, 2.75) is 31.7 Å². The number of hydrogen-bond acceptors (Lipinski definition) is 5. The third-order valence-electron chi connectivity index (χ3n) is 6.41. The SMILES string of the molecule is Cc1ccc(NC(=O)C2(c3ccc4c(c3)OCO4)CC2)cc1-c1ccc(CNS(C)(=O)=O)cc1.[HH].[HH]. The number of anilines is 1. The van der Waals surface area contributed by atoms with Gasteiger partial charge in [0.1, 0.15) is 0 Å². The van der Waals surface area contributed by atoms with Crippen molar-refractivity contribution in [3.8, 4) is 22.6 Å². The van der Waals surface area contributed by atoms with Crippen LogP contribution in [0.25, 0.3) is 11.1 Å². The van der Waals surface area contributed by atoms with E-state index in [0.717, 1.165) is 52.6 Å². The first-order valence-electron chi connectivity index (χ1n) is 11.1. The molecule has 0 spiro atoms. The molecule has 8 heteroatoms. The molecule has 0 unspecified atom stereocenters. The Morgan fingerprint density at radius 3 is 2.44 bits per heavy atom. The van der Waals surface area contributed by atoms with Crippen LogP contribution in [0, 0.1) is 6.92 Å². The van der Waals surface area contributed by atoms with E-state index in [1.54, 1.807) is 0 Å². The molecule has 2 N–H and O–H groups in total. The van der Waals surface area contributed by atoms with Crippen LogP contribution in [-0.2, 0) is 26.8 Å². The molecule has 1 aliphatic carbocycles. The monoisotopic (exact) mass is 482 g/mol. The van der Waals surface area contributed by atoms with Gasteiger partial charge in [0.25, 0.3) is 0 Å². The molecule has 7 nitrogen and oxygen atoms in total. The van der Waals surface area contributed by atoms with Gasteiger partial charge in [-0.3, -0.25) is 4.79 Å². The molecule has 1 heterocycles. The largest absolute Gasteiger partial charge is 0.454 e. The molecular formula is C26H30N2O5S. The molecule has 34 heavy (non-hydrogen) atoms. The lowest BCUT2D eigenvalue weighted by atomic mass is 9.94. The van der Waals surface area contributed by atoms with Crippen LogP contribution >= 0.6 is 0 Å². The Morgan fingerprint density at radius 2 is 1.74 bits per heavy atom. The van der Waals surface area contributed by atoms with Crippen LogP contribution in [0.2, 0.25) is 0 Å². The Kier molecular flexibility index (Phi) is 5.58. The van der Waals surface area contributed by atoms with Crippen LogP contribution in [0.4, 0.5) is 5.69 Å². The second-order valence-electron chi connectivity index (χ2n) is 8.92. The summed E-state index contributed by atoms with van der Waals surface area (Å²) in [6.45, 7) is 2.48. The van der Waals surface area contributed by atoms with Gasteiger partial charge in [-0.05, 0) is 71.8 Å². The summed E-state index contributed by atoms with van der Waals surface area (Å²) in [5, 5.41) is 3.11. The molecule has 180 valence electrons. The zero-order chi connectivity index (χ0) is 23.9. The Labute approximate surface area is 202 Å². The number of carbonyl (C=O) groups excluding carboxylic acids is 1. The van der Waals surface area contributed by atoms with Gasteiger partial charge in [0.05, 0.1) is 11.7 Å². The number of ether oxygens (including phenoxy) is 2. The number of aryl methyl sites for hydroxylation is 1. The van der Waals surface area contributed by atoms with Gasteiger partial charge in [-0.1, -0.05) is 36.4 Å². The lowest BCUT2D eigenvalue weighted by Gasteiger charge is -2.17. The van der Waals surface area contributed by atoms with Gasteiger partial charge < -0.3 is 14.8 Å². The Morgan fingerprint density at radius 1 is 1.00 bits per heavy atom. The number of carbonyl (C=O) groups is 1. The molecule has 3 aromatic rings. The van der Waals surface area contributed by atoms with E-state index in [9.17, 15) is 13.2 Å². The summed E-state index contributed by atoms with van der Waals surface area (Å²) in [5.74, 6) is 1.37. The molecule has 1 saturated carbocycles. The van der Waals surface area contributed by atoms with Crippen molar-refractivity contribution in [3.63, 3.8) is 0 Å². The van der Waals surface area contributed by atoms with Gasteiger partial charge >= 0.3 is 0 Å². The first kappa shape index (κ1) is 22.4. The average Bonchev–Trinajstić information content (AvgIpc) is 3.50. The minimum Gasteiger partial charge on any atom is -0.454 e. The zero-order valence-corrected chi connectivity index (χ0v) is 19.9. The molecule has 0 bridgehead atoms. The lowest BCUT2D eigenvalue weighted by Crippen LogP contribution is -2.27. The van der Waals surface area contributed by atoms with Gasteiger partial charge in [0.2, 0.25) is 22.7 Å². The Balaban J connectivity index is 0.00000180. The van der Waals surface area contributed by atoms with E-state index in [1.165, 1.54) is 0 Å². The van der Waals surface area contributed by atoms with E-state index < -0.39 is 15.4 Å². The molecule has 1 aliphatic heterocycles. The predicted octanol–water partition coefficient (Wildman–Crippen LogP) is 4.60. The number of hydrogen-bond donors (Lipinski definition) is 2. The summed E-state index contributed by atoms with van der Waals surface area (Å²) < 4.78 is 36.0. The molecular weight excluding hydrogens is 452 g/mol. The number of amides is 1. The van der Waals surface area contributed by atoms with Gasteiger partial charge in [-0.15, -0.1) is 0 Å². The second-order valence-corrected chi connectivity index (χ2v) is 10.8. The fourth-order valence-corrected chi connectivity index (χ4v) is 4.67. The van der Waals surface area contributed by atoms with E-state index in [-0.39, 0.29) is 22.1 Å². The summed E-state index contributed by atoms with van der Waals surface area (Å²) in [5.41, 5.74) is 5.09. The van der Waals surface area contributed by atoms with Crippen molar-refractivity contribution in [2.75, 3.05) is 18.4 Å². The third kappa shape index (κ3) is 4.51. The molecule has 1 amide bonds. The molecule has 5 rings (SSSR count). The van der Waals surface area contributed by atoms with Crippen molar-refractivity contribution < 1.29 is 25.5 Å². The van der Waals surface area contributed by atoms with Gasteiger partial charge in [0.15, 0.2) is 11.5 Å². The summed E-state index contributed by atoms with van der Waals surface area (Å²) in [7, 11) is -3.24. The number of rotatable bonds is 7. The standard InChI is InChI=1S/C26H26N2O5S.2H2/c1-17-3-9-21(14-22(17)19-6-4-18(5-7-19)15-27-34(2,30)31)28-25(29)26(11-12-26)20-8-10-23-24(13-20)33-16-32-23;;/h3-10,13-14,27H,11-12,15-16H2,1-2H3,(H,28,29);2*1H. The first-order valence-corrected chi connectivity index (χ1v) is 13.0. The van der Waals surface area contributed by atoms with Crippen LogP contribution in [0.15, 0.2) is 60.7 Å². The van der Waals surface area contributed by atoms with Crippen LogP contribution in [0.3, 0.4) is 0 Å². The van der Waals surface area contributed by atoms with Crippen LogP contribution < -0.4 is 19.5 Å². The van der Waals surface area contributed by atoms with Crippen LogP contribution in [-0.4, -0.2) is 27.4 Å². The number of nitrogens with one attached hydrogen (secondary N) is 2. The summed E-state index contributed by atoms with van der Waals surface area (Å²) >= 11 is 0. The molecule has 1 fully saturated rings. The molecule has 0 aromatic heterocycles. The van der Waals surface area contributed by atoms with Crippen molar-refractivity contribution in [1.82, 2.24) is 4.72 Å². The van der Waals surface area contributed by atoms with Gasteiger partial charge in [0, 0.05) is 15.1 Å². The molecule has 0 radical (unpaired) electrons. The summed E-state index contributed by atoms with van der Waals surface area (Å²) in [6, 6.07) is 19.3. The van der Waals surface area contributed by atoms with Crippen molar-refractivity contribution in [1.29, 1.82) is 0 Å². The maximum absolute atomic E-state index is 13.3. The highest BCUT2D eigenvalue weighted by molar-refractivity contribution is 7.88. The van der Waals surface area contributed by atoms with E-state index in [2.05, 4.69) is 10.0 Å². The number of benzene rings is 3. The van der Waals surface area contributed by atoms with Crippen molar-refractivity contribution in [2.24, 2.45) is 0 Å². The third-order valence-corrected chi connectivity index (χ3v) is 7.08. The molecule has 0 saturated heterocycles. The van der Waals surface area contributed by atoms with Crippen molar-refractivity contribution in [3.05, 3.63) is 77.4 Å². The van der Waals surface area contributed by atoms with Crippen molar-refractivity contribution >= 4 is 21.6 Å². The van der Waals surface area contributed by atoms with E-state index in [4.69, 9.17) is 9.47 Å². The fourth-order valence-electron chi connectivity index (χ4n) is 4.24. The molecule has 3 aromatic carbocycles. The average molecular weight is 483 g/mol. The predicted molar refractivity (Wildman–Crippen MR) is 135 cm³/mol. The van der Waals surface area contributed by atoms with E-state index >= 15 is 0 Å². The van der Waals surface area contributed by atoms with Gasteiger partial charge in [-0.25, -0.2) is 13.1 Å². The number of fused-ring (bicyclic) bond motifs is 1. The quantitative estimate of drug-likeness (QED) is 0.513. The van der Waals surface area contributed by atoms with Gasteiger partial charge in [-0.2, -0.15) is 0 Å². The highest BCUT2D eigenvalue weighted by atomic mass is 32.2. The number of sulfonamides is 1. The van der Waals surface area contributed by atoms with E-state index in [0.29, 0.717) is 11.5 Å². The van der Waals surface area contributed by atoms with Crippen LogP contribution in [0.5, 0.6) is 11.5 Å². The highest BCUT2D eigenvalue weighted by Crippen LogP contribution is 2.51. The Hall–Kier alpha value is -3.36. The highest BCUT2D eigenvalue weighted by Gasteiger charge is 2.51. The fraction of sp³-hybridized carbons (Fsp3) is 0.269. The minimum absolute atomic E-state index is 0. The maximum Gasteiger partial charge on any atom is 0.235 e. The topological polar surface area (TPSA) is 93.7 Å². The normalized spacial score (nSPS) is 15.7. The van der Waals surface area contributed by atoms with Crippen LogP contribution in [0.1, 0.15) is 32.4 Å². The lowest BCUT2D eigenvalue weighted by molar-refractivity contribution is -0.118. The second kappa shape index (κ2) is 8.45. The minimum atomic E-state index is -3.24. The maximum atomic E-state index is 13.3. The Bertz CT molecular complexity index is 1370. The zero-order valence-electron chi connectivity index (χ0n) is 19.1. The summed E-state index contributed by atoms with van der Waals surface area (Å²) in [6.07, 6.45) is 2.73.